The number of hydrogen-bond acceptors (Lipinski definition) is 4. The molecule has 0 bridgehead atoms. The molecule has 1 heterocycles. The minimum Gasteiger partial charge on any atom is -0.417 e. The Morgan fingerprint density at radius 3 is 2.00 bits per heavy atom. The van der Waals surface area contributed by atoms with Gasteiger partial charge in [0.2, 0.25) is 0 Å². The maximum Gasteiger partial charge on any atom is 0.262 e. The van der Waals surface area contributed by atoms with Crippen LogP contribution in [0.3, 0.4) is 0 Å². The van der Waals surface area contributed by atoms with Crippen LogP contribution in [0.2, 0.25) is 23.2 Å². The fourth-order valence-corrected chi connectivity index (χ4v) is 13.1. The van der Waals surface area contributed by atoms with Crippen molar-refractivity contribution in [1.82, 2.24) is 0 Å². The van der Waals surface area contributed by atoms with Crippen molar-refractivity contribution < 1.29 is 18.4 Å². The van der Waals surface area contributed by atoms with Crippen LogP contribution < -0.4 is 10.4 Å². The van der Waals surface area contributed by atoms with E-state index >= 15 is 0 Å². The van der Waals surface area contributed by atoms with Crippen molar-refractivity contribution in [1.29, 1.82) is 0 Å². The summed E-state index contributed by atoms with van der Waals surface area (Å²) in [5, 5.41) is 2.13. The minimum atomic E-state index is -2.91. The molecule has 1 aliphatic rings. The van der Waals surface area contributed by atoms with Crippen LogP contribution in [-0.2, 0) is 18.4 Å². The van der Waals surface area contributed by atoms with E-state index < -0.39 is 22.7 Å². The zero-order chi connectivity index (χ0) is 29.2. The van der Waals surface area contributed by atoms with Gasteiger partial charge in [0.05, 0.1) is 12.7 Å². The molecule has 0 fully saturated rings. The lowest BCUT2D eigenvalue weighted by molar-refractivity contribution is -0.122. The van der Waals surface area contributed by atoms with E-state index in [2.05, 4.69) is 103 Å². The lowest BCUT2D eigenvalue weighted by Crippen LogP contribution is -2.68. The van der Waals surface area contributed by atoms with Crippen LogP contribution >= 0.6 is 0 Å². The molecule has 0 saturated carbocycles. The Morgan fingerprint density at radius 2 is 1.52 bits per heavy atom. The Morgan fingerprint density at radius 1 is 0.975 bits per heavy atom. The van der Waals surface area contributed by atoms with E-state index in [0.29, 0.717) is 19.6 Å². The molecule has 3 rings (SSSR count). The summed E-state index contributed by atoms with van der Waals surface area (Å²) in [6.45, 7) is 16.7. The lowest BCUT2D eigenvalue weighted by Gasteiger charge is -2.45. The van der Waals surface area contributed by atoms with Gasteiger partial charge < -0.3 is 13.6 Å². The summed E-state index contributed by atoms with van der Waals surface area (Å²) in [6, 6.07) is 24.3. The molecular formula is C34H50O4Si2. The van der Waals surface area contributed by atoms with Crippen molar-refractivity contribution in [2.75, 3.05) is 13.2 Å². The lowest BCUT2D eigenvalue weighted by atomic mass is 10.1. The molecule has 218 valence electrons. The summed E-state index contributed by atoms with van der Waals surface area (Å²) in [7, 11) is -4.71. The predicted molar refractivity (Wildman–Crippen MR) is 173 cm³/mol. The fourth-order valence-electron chi connectivity index (χ4n) is 5.81. The normalized spacial score (nSPS) is 17.6. The van der Waals surface area contributed by atoms with E-state index in [-0.39, 0.29) is 16.9 Å². The predicted octanol–water partition coefficient (Wildman–Crippen LogP) is 7.20. The molecule has 0 unspecified atom stereocenters. The largest absolute Gasteiger partial charge is 0.417 e. The zero-order valence-corrected chi connectivity index (χ0v) is 27.7. The highest BCUT2D eigenvalue weighted by Gasteiger charge is 2.52. The number of benzene rings is 2. The van der Waals surface area contributed by atoms with Gasteiger partial charge in [0, 0.05) is 13.0 Å². The quantitative estimate of drug-likeness (QED) is 0.135. The van der Waals surface area contributed by atoms with Gasteiger partial charge in [0.15, 0.2) is 14.1 Å². The summed E-state index contributed by atoms with van der Waals surface area (Å²) in [6.07, 6.45) is 6.38. The average Bonchev–Trinajstić information content (AvgIpc) is 2.96. The molecule has 0 N–H and O–H groups in total. The van der Waals surface area contributed by atoms with Crippen LogP contribution in [0.4, 0.5) is 0 Å². The van der Waals surface area contributed by atoms with E-state index in [9.17, 15) is 4.79 Å². The van der Waals surface area contributed by atoms with Crippen LogP contribution in [0.25, 0.3) is 0 Å². The smallest absolute Gasteiger partial charge is 0.262 e. The van der Waals surface area contributed by atoms with Gasteiger partial charge in [-0.2, -0.15) is 0 Å². The molecule has 4 nitrogen and oxygen atoms in total. The number of carbonyl (C=O) groups is 1. The molecule has 6 heteroatoms. The SMILES string of the molecule is CC[Si](CC)(CC)OCC[C@H](O[Si](c1ccccc1)(c1ccccc1)C(C)(C)C)C(=O)/C=C/[C@@H]1CC(C)=CCO1. The Labute approximate surface area is 245 Å². The number of ketones is 1. The van der Waals surface area contributed by atoms with E-state index in [1.54, 1.807) is 6.08 Å². The third kappa shape index (κ3) is 7.80. The molecule has 1 aliphatic heterocycles. The first kappa shape index (κ1) is 32.4. The summed E-state index contributed by atoms with van der Waals surface area (Å²) in [5.41, 5.74) is 1.29. The maximum atomic E-state index is 14.0. The molecule has 0 spiro atoms. The van der Waals surface area contributed by atoms with E-state index in [1.165, 1.54) is 15.9 Å². The fraction of sp³-hybridized carbons (Fsp3) is 0.500. The van der Waals surface area contributed by atoms with Gasteiger partial charge >= 0.3 is 0 Å². The zero-order valence-electron chi connectivity index (χ0n) is 25.7. The van der Waals surface area contributed by atoms with E-state index in [1.807, 2.05) is 18.2 Å². The average molecular weight is 579 g/mol. The first-order valence-electron chi connectivity index (χ1n) is 15.0. The van der Waals surface area contributed by atoms with Crippen molar-refractivity contribution in [2.45, 2.75) is 96.7 Å². The highest BCUT2D eigenvalue weighted by atomic mass is 28.4. The van der Waals surface area contributed by atoms with Crippen LogP contribution in [0.5, 0.6) is 0 Å². The second kappa shape index (κ2) is 14.7. The monoisotopic (exact) mass is 578 g/mol. The summed E-state index contributed by atoms with van der Waals surface area (Å²) in [5.74, 6) is -0.0100. The first-order chi connectivity index (χ1) is 19.1. The van der Waals surface area contributed by atoms with E-state index in [0.717, 1.165) is 24.6 Å². The summed E-state index contributed by atoms with van der Waals surface area (Å²) >= 11 is 0. The van der Waals surface area contributed by atoms with Gasteiger partial charge in [-0.1, -0.05) is 120 Å². The van der Waals surface area contributed by atoms with Gasteiger partial charge in [-0.25, -0.2) is 0 Å². The Hall–Kier alpha value is -2.10. The van der Waals surface area contributed by atoms with Gasteiger partial charge in [0.1, 0.15) is 6.10 Å². The van der Waals surface area contributed by atoms with Crippen LogP contribution in [-0.4, -0.2) is 47.8 Å². The van der Waals surface area contributed by atoms with Crippen molar-refractivity contribution in [3.63, 3.8) is 0 Å². The molecule has 40 heavy (non-hydrogen) atoms. The molecule has 0 aliphatic carbocycles. The number of hydrogen-bond donors (Lipinski definition) is 0. The molecule has 0 aromatic heterocycles. The second-order valence-corrected chi connectivity index (χ2v) is 21.1. The second-order valence-electron chi connectivity index (χ2n) is 12.0. The molecular weight excluding hydrogens is 529 g/mol. The number of carbonyl (C=O) groups excluding carboxylic acids is 1. The highest BCUT2D eigenvalue weighted by Crippen LogP contribution is 2.38. The highest BCUT2D eigenvalue weighted by molar-refractivity contribution is 6.99. The topological polar surface area (TPSA) is 44.8 Å². The van der Waals surface area contributed by atoms with Crippen LogP contribution in [0.1, 0.15) is 61.3 Å². The Balaban J connectivity index is 2.02. The first-order valence-corrected chi connectivity index (χ1v) is 19.5. The standard InChI is InChI=1S/C34H50O4Si2/c1-8-39(9-2,10-3)37-26-24-33(32(35)22-21-29-27-28(4)23-25-36-29)38-40(34(5,6)7,30-17-13-11-14-18-30)31-19-15-12-16-20-31/h11-23,29,33H,8-10,24-27H2,1-7H3/b22-21+/t29-,33+/m1/s1. The van der Waals surface area contributed by atoms with Gasteiger partial charge in [-0.15, -0.1) is 0 Å². The van der Waals surface area contributed by atoms with E-state index in [4.69, 9.17) is 13.6 Å². The third-order valence-electron chi connectivity index (χ3n) is 8.51. The van der Waals surface area contributed by atoms with Gasteiger partial charge in [0.25, 0.3) is 8.32 Å². The van der Waals surface area contributed by atoms with Crippen molar-refractivity contribution in [2.24, 2.45) is 0 Å². The summed E-state index contributed by atoms with van der Waals surface area (Å²) < 4.78 is 19.9. The van der Waals surface area contributed by atoms with Crippen LogP contribution in [0, 0.1) is 0 Å². The number of ether oxygens (including phenoxy) is 1. The van der Waals surface area contributed by atoms with Crippen molar-refractivity contribution >= 4 is 32.8 Å². The minimum absolute atomic E-state index is 0.0100. The molecule has 0 amide bonds. The van der Waals surface area contributed by atoms with Gasteiger partial charge in [-0.3, -0.25) is 4.79 Å². The molecule has 2 aromatic carbocycles. The molecule has 0 radical (unpaired) electrons. The van der Waals surface area contributed by atoms with Gasteiger partial charge in [-0.05, 0) is 53.0 Å². The van der Waals surface area contributed by atoms with Crippen molar-refractivity contribution in [3.05, 3.63) is 84.5 Å². The Bertz CT molecular complexity index is 1070. The third-order valence-corrected chi connectivity index (χ3v) is 18.2. The maximum absolute atomic E-state index is 14.0. The Kier molecular flexibility index (Phi) is 11.9. The van der Waals surface area contributed by atoms with Crippen LogP contribution in [0.15, 0.2) is 84.5 Å². The number of rotatable bonds is 14. The summed E-state index contributed by atoms with van der Waals surface area (Å²) in [4.78, 5) is 14.0. The molecule has 2 atom stereocenters. The molecule has 0 saturated heterocycles. The van der Waals surface area contributed by atoms with Crippen molar-refractivity contribution in [3.8, 4) is 0 Å². The molecule has 2 aromatic rings.